The van der Waals surface area contributed by atoms with Crippen molar-refractivity contribution in [1.29, 1.82) is 0 Å². The average Bonchev–Trinajstić information content (AvgIpc) is 2.80. The second-order valence-corrected chi connectivity index (χ2v) is 9.54. The van der Waals surface area contributed by atoms with Crippen LogP contribution in [0.2, 0.25) is 0 Å². The Labute approximate surface area is 203 Å². The van der Waals surface area contributed by atoms with E-state index in [-0.39, 0.29) is 40.5 Å². The summed E-state index contributed by atoms with van der Waals surface area (Å²) < 4.78 is 16.4. The molecular weight excluding hydrogens is 458 g/mol. The molecule has 0 saturated carbocycles. The van der Waals surface area contributed by atoms with Crippen molar-refractivity contribution in [3.63, 3.8) is 0 Å². The first-order valence-corrected chi connectivity index (χ1v) is 11.6. The van der Waals surface area contributed by atoms with E-state index in [4.69, 9.17) is 9.47 Å². The van der Waals surface area contributed by atoms with Crippen LogP contribution in [0.15, 0.2) is 23.3 Å². The molecule has 1 saturated heterocycles. The minimum absolute atomic E-state index is 0.0372. The van der Waals surface area contributed by atoms with E-state index in [0.29, 0.717) is 12.0 Å². The molecule has 2 aliphatic heterocycles. The highest BCUT2D eigenvalue weighted by Crippen LogP contribution is 2.44. The molecule has 3 aliphatic rings. The molecule has 0 spiro atoms. The predicted octanol–water partition coefficient (Wildman–Crippen LogP) is 0.920. The van der Waals surface area contributed by atoms with Crippen LogP contribution in [0, 0.1) is 0 Å². The van der Waals surface area contributed by atoms with E-state index in [1.165, 1.54) is 19.2 Å². The summed E-state index contributed by atoms with van der Waals surface area (Å²) in [7, 11) is 4.87. The van der Waals surface area contributed by atoms with Crippen LogP contribution in [0.5, 0.6) is 5.75 Å². The van der Waals surface area contributed by atoms with E-state index >= 15 is 0 Å². The summed E-state index contributed by atoms with van der Waals surface area (Å²) in [6, 6.07) is 2.61. The normalized spacial score (nSPS) is 33.0. The van der Waals surface area contributed by atoms with Crippen LogP contribution in [0.1, 0.15) is 59.1 Å². The summed E-state index contributed by atoms with van der Waals surface area (Å²) in [5.41, 5.74) is 0.0104. The van der Waals surface area contributed by atoms with Crippen LogP contribution in [0.3, 0.4) is 0 Å². The van der Waals surface area contributed by atoms with E-state index < -0.39 is 54.2 Å². The number of benzene rings is 1. The Morgan fingerprint density at radius 2 is 1.74 bits per heavy atom. The molecule has 1 aromatic carbocycles. The van der Waals surface area contributed by atoms with Gasteiger partial charge in [-0.1, -0.05) is 6.07 Å². The Bertz CT molecular complexity index is 1090. The molecule has 35 heavy (non-hydrogen) atoms. The zero-order valence-electron chi connectivity index (χ0n) is 20.3. The number of hydrogen-bond acceptors (Lipinski definition) is 10. The third kappa shape index (κ3) is 4.19. The van der Waals surface area contributed by atoms with E-state index in [1.54, 1.807) is 13.8 Å². The number of ketones is 2. The fraction of sp³-hybridized carbons (Fsp3) is 0.560. The topological polar surface area (TPSA) is 143 Å². The Balaban J connectivity index is 1.81. The maximum absolute atomic E-state index is 13.9. The number of hydrogen-bond donors (Lipinski definition) is 3. The number of rotatable bonds is 4. The number of ether oxygens (including phenoxy) is 3. The summed E-state index contributed by atoms with van der Waals surface area (Å²) in [6.07, 6.45) is -5.41. The van der Waals surface area contributed by atoms with Crippen molar-refractivity contribution in [2.24, 2.45) is 0 Å². The first-order chi connectivity index (χ1) is 16.5. The van der Waals surface area contributed by atoms with Gasteiger partial charge in [0.2, 0.25) is 0 Å². The number of phenols is 1. The number of carbonyl (C=O) groups excluding carboxylic acids is 3. The Morgan fingerprint density at radius 3 is 2.37 bits per heavy atom. The Morgan fingerprint density at radius 1 is 1.09 bits per heavy atom. The predicted molar refractivity (Wildman–Crippen MR) is 122 cm³/mol. The number of Topliss-reactive ketones (excluding diaryl/α,β-unsaturated/α-hetero) is 2. The molecule has 4 rings (SSSR count). The molecule has 0 bridgehead atoms. The number of likely N-dealkylation sites (N-methyl/N-ethyl adjacent to an activating group) is 1. The van der Waals surface area contributed by atoms with Crippen molar-refractivity contribution in [3.8, 4) is 5.75 Å². The SMILES string of the molecule is COC(=O)C[C@H]1O[C@H](C)C2=C(C(=O)c3c([C@H]4C[C@@H](N(C)C)[C@H](O)[C@@H](C)O4)ccc(O)c3C2=O)[C@H]1O. The Hall–Kier alpha value is -2.63. The van der Waals surface area contributed by atoms with Gasteiger partial charge in [-0.15, -0.1) is 0 Å². The highest BCUT2D eigenvalue weighted by molar-refractivity contribution is 6.29. The van der Waals surface area contributed by atoms with Crippen molar-refractivity contribution >= 4 is 17.5 Å². The second-order valence-electron chi connectivity index (χ2n) is 9.54. The standard InChI is InChI=1S/C25H31NO9/c1-10-18-21(23(30)16(34-10)9-17(28)33-5)25(32)19-12(6-7-14(27)20(19)24(18)31)15-8-13(26(3)4)22(29)11(2)35-15/h6-7,10-11,13,15-16,22-23,27,29-30H,8-9H2,1-5H3/t10-,11-,13-,15-,16-,22-,23+/m1/s1. The van der Waals surface area contributed by atoms with Crippen LogP contribution in [-0.2, 0) is 19.0 Å². The fourth-order valence-electron chi connectivity index (χ4n) is 5.34. The first-order valence-electron chi connectivity index (χ1n) is 11.6. The smallest absolute Gasteiger partial charge is 0.308 e. The molecule has 0 aromatic heterocycles. The number of aliphatic hydroxyl groups is 2. The van der Waals surface area contributed by atoms with Crippen molar-refractivity contribution in [1.82, 2.24) is 4.90 Å². The third-order valence-corrected chi connectivity index (χ3v) is 7.20. The lowest BCUT2D eigenvalue weighted by atomic mass is 9.74. The summed E-state index contributed by atoms with van der Waals surface area (Å²) in [6.45, 7) is 3.28. The molecular formula is C25H31NO9. The monoisotopic (exact) mass is 489 g/mol. The van der Waals surface area contributed by atoms with Crippen LogP contribution in [0.4, 0.5) is 0 Å². The minimum atomic E-state index is -1.54. The number of esters is 1. The number of aromatic hydroxyl groups is 1. The summed E-state index contributed by atoms with van der Waals surface area (Å²) in [5, 5.41) is 32.2. The average molecular weight is 490 g/mol. The van der Waals surface area contributed by atoms with Crippen molar-refractivity contribution in [2.75, 3.05) is 21.2 Å². The fourth-order valence-corrected chi connectivity index (χ4v) is 5.34. The molecule has 0 amide bonds. The largest absolute Gasteiger partial charge is 0.507 e. The van der Waals surface area contributed by atoms with Crippen molar-refractivity contribution in [3.05, 3.63) is 40.0 Å². The molecule has 1 aromatic rings. The highest BCUT2D eigenvalue weighted by Gasteiger charge is 2.48. The lowest BCUT2D eigenvalue weighted by Crippen LogP contribution is -2.51. The van der Waals surface area contributed by atoms with E-state index in [1.807, 2.05) is 19.0 Å². The van der Waals surface area contributed by atoms with Crippen LogP contribution < -0.4 is 0 Å². The van der Waals surface area contributed by atoms with Gasteiger partial charge in [-0.2, -0.15) is 0 Å². The number of phenolic OH excluding ortho intramolecular Hbond substituents is 1. The summed E-state index contributed by atoms with van der Waals surface area (Å²) in [5.74, 6) is -2.23. The maximum Gasteiger partial charge on any atom is 0.308 e. The van der Waals surface area contributed by atoms with Gasteiger partial charge in [0.25, 0.3) is 0 Å². The molecule has 0 radical (unpaired) electrons. The number of aliphatic hydroxyl groups excluding tert-OH is 2. The Kier molecular flexibility index (Phi) is 6.87. The second kappa shape index (κ2) is 9.44. The van der Waals surface area contributed by atoms with Crippen molar-refractivity contribution < 1.29 is 43.9 Å². The summed E-state index contributed by atoms with van der Waals surface area (Å²) in [4.78, 5) is 41.1. The van der Waals surface area contributed by atoms with Crippen LogP contribution in [0.25, 0.3) is 0 Å². The quantitative estimate of drug-likeness (QED) is 0.523. The van der Waals surface area contributed by atoms with Crippen LogP contribution >= 0.6 is 0 Å². The lowest BCUT2D eigenvalue weighted by Gasteiger charge is -2.42. The van der Waals surface area contributed by atoms with Gasteiger partial charge >= 0.3 is 5.97 Å². The lowest BCUT2D eigenvalue weighted by molar-refractivity contribution is -0.148. The molecule has 0 unspecified atom stereocenters. The molecule has 10 nitrogen and oxygen atoms in total. The number of methoxy groups -OCH3 is 1. The molecule has 1 fully saturated rings. The molecule has 10 heteroatoms. The van der Waals surface area contributed by atoms with Crippen LogP contribution in [-0.4, -0.2) is 95.5 Å². The van der Waals surface area contributed by atoms with E-state index in [2.05, 4.69) is 4.74 Å². The minimum Gasteiger partial charge on any atom is -0.507 e. The van der Waals surface area contributed by atoms with Crippen molar-refractivity contribution in [2.45, 2.75) is 69.4 Å². The van der Waals surface area contributed by atoms with Gasteiger partial charge in [0, 0.05) is 22.8 Å². The first kappa shape index (κ1) is 25.5. The van der Waals surface area contributed by atoms with Gasteiger partial charge in [-0.05, 0) is 46.0 Å². The highest BCUT2D eigenvalue weighted by atomic mass is 16.5. The zero-order chi connectivity index (χ0) is 25.8. The number of nitrogens with zero attached hydrogens (tertiary/aromatic N) is 1. The molecule has 1 aliphatic carbocycles. The van der Waals surface area contributed by atoms with Gasteiger partial charge in [0.05, 0.1) is 49.6 Å². The van der Waals surface area contributed by atoms with E-state index in [0.717, 1.165) is 0 Å². The third-order valence-electron chi connectivity index (χ3n) is 7.20. The van der Waals surface area contributed by atoms with Gasteiger partial charge in [0.15, 0.2) is 11.6 Å². The van der Waals surface area contributed by atoms with Gasteiger partial charge in [-0.25, -0.2) is 0 Å². The molecule has 190 valence electrons. The maximum atomic E-state index is 13.9. The molecule has 3 N–H and O–H groups in total. The van der Waals surface area contributed by atoms with Gasteiger partial charge < -0.3 is 34.4 Å². The molecule has 7 atom stereocenters. The zero-order valence-corrected chi connectivity index (χ0v) is 20.3. The summed E-state index contributed by atoms with van der Waals surface area (Å²) >= 11 is 0. The van der Waals surface area contributed by atoms with Gasteiger partial charge in [-0.3, -0.25) is 14.4 Å². The van der Waals surface area contributed by atoms with E-state index in [9.17, 15) is 29.7 Å². The van der Waals surface area contributed by atoms with Gasteiger partial charge in [0.1, 0.15) is 11.9 Å². The molecule has 2 heterocycles. The number of carbonyl (C=O) groups is 3. The number of fused-ring (bicyclic) bond motifs is 1.